The second-order valence-corrected chi connectivity index (χ2v) is 4.95. The van der Waals surface area contributed by atoms with Crippen LogP contribution in [0.3, 0.4) is 0 Å². The quantitative estimate of drug-likeness (QED) is 0.840. The van der Waals surface area contributed by atoms with E-state index in [-0.39, 0.29) is 5.54 Å². The molecule has 0 aliphatic carbocycles. The number of aliphatic hydroxyl groups excluding tert-OH is 1. The van der Waals surface area contributed by atoms with Crippen molar-refractivity contribution in [2.24, 2.45) is 7.05 Å². The average Bonchev–Trinajstić information content (AvgIpc) is 2.84. The fourth-order valence-electron chi connectivity index (χ4n) is 2.49. The lowest BCUT2D eigenvalue weighted by Gasteiger charge is -2.45. The average molecular weight is 254 g/mol. The number of nitrogens with zero attached hydrogens (tertiary/aromatic N) is 4. The molecule has 1 aliphatic heterocycles. The van der Waals surface area contributed by atoms with Crippen LogP contribution in [0.15, 0.2) is 6.33 Å². The van der Waals surface area contributed by atoms with Crippen LogP contribution in [0.25, 0.3) is 0 Å². The van der Waals surface area contributed by atoms with Crippen LogP contribution in [0.5, 0.6) is 0 Å². The zero-order chi connectivity index (χ0) is 13.2. The van der Waals surface area contributed by atoms with E-state index in [1.807, 2.05) is 0 Å². The monoisotopic (exact) mass is 254 g/mol. The first kappa shape index (κ1) is 13.5. The van der Waals surface area contributed by atoms with Crippen LogP contribution >= 0.6 is 0 Å². The first-order valence-corrected chi connectivity index (χ1v) is 6.44. The van der Waals surface area contributed by atoms with Crippen molar-refractivity contribution in [3.63, 3.8) is 0 Å². The third kappa shape index (κ3) is 2.28. The van der Waals surface area contributed by atoms with Crippen LogP contribution in [0.4, 0.5) is 0 Å². The number of rotatable bonds is 4. The van der Waals surface area contributed by atoms with Crippen molar-refractivity contribution in [3.05, 3.63) is 12.2 Å². The summed E-state index contributed by atoms with van der Waals surface area (Å²) in [6, 6.07) is 0. The van der Waals surface area contributed by atoms with Gasteiger partial charge in [-0.05, 0) is 13.3 Å². The van der Waals surface area contributed by atoms with Crippen molar-refractivity contribution in [1.82, 2.24) is 19.7 Å². The molecule has 1 aromatic heterocycles. The molecule has 0 saturated carbocycles. The van der Waals surface area contributed by atoms with Crippen molar-refractivity contribution in [2.45, 2.75) is 31.9 Å². The number of aromatic nitrogens is 3. The van der Waals surface area contributed by atoms with Gasteiger partial charge in [-0.2, -0.15) is 5.10 Å². The number of aliphatic hydroxyl groups is 1. The van der Waals surface area contributed by atoms with Gasteiger partial charge >= 0.3 is 0 Å². The maximum absolute atomic E-state index is 10.7. The molecular formula is C12H22N4O2. The van der Waals surface area contributed by atoms with E-state index in [1.165, 1.54) is 6.33 Å². The van der Waals surface area contributed by atoms with Crippen molar-refractivity contribution in [3.8, 4) is 0 Å². The summed E-state index contributed by atoms with van der Waals surface area (Å²) in [5.41, 5.74) is -0.329. The van der Waals surface area contributed by atoms with Crippen molar-refractivity contribution >= 4 is 0 Å². The summed E-state index contributed by atoms with van der Waals surface area (Å²) in [6.45, 7) is 7.31. The van der Waals surface area contributed by atoms with Crippen molar-refractivity contribution < 1.29 is 9.84 Å². The van der Waals surface area contributed by atoms with Crippen LogP contribution in [0, 0.1) is 0 Å². The molecule has 6 heteroatoms. The van der Waals surface area contributed by atoms with Gasteiger partial charge in [0.2, 0.25) is 0 Å². The second kappa shape index (κ2) is 5.34. The van der Waals surface area contributed by atoms with Gasteiger partial charge < -0.3 is 9.84 Å². The third-order valence-corrected chi connectivity index (χ3v) is 4.03. The summed E-state index contributed by atoms with van der Waals surface area (Å²) in [5.74, 6) is 0.617. The molecule has 6 nitrogen and oxygen atoms in total. The van der Waals surface area contributed by atoms with Crippen LogP contribution in [0.1, 0.15) is 32.2 Å². The van der Waals surface area contributed by atoms with Crippen molar-refractivity contribution in [1.29, 1.82) is 0 Å². The van der Waals surface area contributed by atoms with E-state index in [9.17, 15) is 5.11 Å². The molecule has 1 aromatic rings. The van der Waals surface area contributed by atoms with Crippen LogP contribution in [-0.4, -0.2) is 56.6 Å². The number of ether oxygens (including phenoxy) is 1. The Labute approximate surface area is 108 Å². The summed E-state index contributed by atoms with van der Waals surface area (Å²) < 4.78 is 7.01. The molecule has 1 aliphatic rings. The van der Waals surface area contributed by atoms with Gasteiger partial charge in [0.1, 0.15) is 12.4 Å². The smallest absolute Gasteiger partial charge is 0.157 e. The molecular weight excluding hydrogens is 232 g/mol. The van der Waals surface area contributed by atoms with Gasteiger partial charge in [0.15, 0.2) is 5.82 Å². The first-order chi connectivity index (χ1) is 8.59. The Morgan fingerprint density at radius 1 is 1.50 bits per heavy atom. The largest absolute Gasteiger partial charge is 0.383 e. The highest BCUT2D eigenvalue weighted by molar-refractivity contribution is 5.03. The molecule has 1 saturated heterocycles. The Morgan fingerprint density at radius 2 is 2.17 bits per heavy atom. The molecule has 0 aromatic carbocycles. The van der Waals surface area contributed by atoms with Crippen LogP contribution in [0.2, 0.25) is 0 Å². The number of hydrogen-bond donors (Lipinski definition) is 1. The number of aryl methyl sites for hydroxylation is 1. The Hall–Kier alpha value is -0.980. The van der Waals surface area contributed by atoms with Gasteiger partial charge in [-0.1, -0.05) is 6.92 Å². The van der Waals surface area contributed by atoms with E-state index in [1.54, 1.807) is 11.7 Å². The van der Waals surface area contributed by atoms with Gasteiger partial charge in [0, 0.05) is 20.1 Å². The Kier molecular flexibility index (Phi) is 3.99. The SMILES string of the molecule is CCC(C)(C(O)c1ncnn1C)N1CCOCC1. The molecule has 2 atom stereocenters. The van der Waals surface area contributed by atoms with E-state index in [0.29, 0.717) is 5.82 Å². The minimum atomic E-state index is -0.645. The summed E-state index contributed by atoms with van der Waals surface area (Å²) in [5, 5.41) is 14.7. The molecule has 0 bridgehead atoms. The summed E-state index contributed by atoms with van der Waals surface area (Å²) in [6.07, 6.45) is 1.68. The zero-order valence-electron chi connectivity index (χ0n) is 11.3. The van der Waals surface area contributed by atoms with Gasteiger partial charge in [0.25, 0.3) is 0 Å². The summed E-state index contributed by atoms with van der Waals surface area (Å²) >= 11 is 0. The van der Waals surface area contributed by atoms with E-state index >= 15 is 0 Å². The van der Waals surface area contributed by atoms with Gasteiger partial charge in [-0.15, -0.1) is 0 Å². The molecule has 0 radical (unpaired) electrons. The Morgan fingerprint density at radius 3 is 2.67 bits per heavy atom. The third-order valence-electron chi connectivity index (χ3n) is 4.03. The first-order valence-electron chi connectivity index (χ1n) is 6.44. The van der Waals surface area contributed by atoms with Crippen LogP contribution in [-0.2, 0) is 11.8 Å². The lowest BCUT2D eigenvalue weighted by Crippen LogP contribution is -2.55. The highest BCUT2D eigenvalue weighted by Crippen LogP contribution is 2.33. The topological polar surface area (TPSA) is 63.4 Å². The highest BCUT2D eigenvalue weighted by Gasteiger charge is 2.40. The van der Waals surface area contributed by atoms with E-state index in [2.05, 4.69) is 28.8 Å². The molecule has 102 valence electrons. The van der Waals surface area contributed by atoms with E-state index in [0.717, 1.165) is 32.7 Å². The van der Waals surface area contributed by atoms with Gasteiger partial charge in [0.05, 0.1) is 18.8 Å². The maximum atomic E-state index is 10.7. The normalized spacial score (nSPS) is 22.7. The minimum Gasteiger partial charge on any atom is -0.383 e. The molecule has 0 amide bonds. The molecule has 2 unspecified atom stereocenters. The number of hydrogen-bond acceptors (Lipinski definition) is 5. The Balaban J connectivity index is 2.22. The maximum Gasteiger partial charge on any atom is 0.157 e. The molecule has 18 heavy (non-hydrogen) atoms. The molecule has 0 spiro atoms. The van der Waals surface area contributed by atoms with Crippen LogP contribution < -0.4 is 0 Å². The zero-order valence-corrected chi connectivity index (χ0v) is 11.3. The Bertz CT molecular complexity index is 389. The fourth-order valence-corrected chi connectivity index (χ4v) is 2.49. The molecule has 1 N–H and O–H groups in total. The van der Waals surface area contributed by atoms with E-state index in [4.69, 9.17) is 4.74 Å². The summed E-state index contributed by atoms with van der Waals surface area (Å²) in [4.78, 5) is 6.46. The number of morpholine rings is 1. The molecule has 2 heterocycles. The lowest BCUT2D eigenvalue weighted by molar-refractivity contribution is -0.0769. The summed E-state index contributed by atoms with van der Waals surface area (Å²) in [7, 11) is 1.81. The van der Waals surface area contributed by atoms with Gasteiger partial charge in [-0.25, -0.2) is 4.98 Å². The van der Waals surface area contributed by atoms with E-state index < -0.39 is 6.10 Å². The fraction of sp³-hybridized carbons (Fsp3) is 0.833. The lowest BCUT2D eigenvalue weighted by atomic mass is 9.88. The highest BCUT2D eigenvalue weighted by atomic mass is 16.5. The standard InChI is InChI=1S/C12H22N4O2/c1-4-12(2,16-5-7-18-8-6-16)10(17)11-13-9-14-15(11)3/h9-10,17H,4-8H2,1-3H3. The van der Waals surface area contributed by atoms with Crippen molar-refractivity contribution in [2.75, 3.05) is 26.3 Å². The van der Waals surface area contributed by atoms with Gasteiger partial charge in [-0.3, -0.25) is 9.58 Å². The predicted molar refractivity (Wildman–Crippen MR) is 67.1 cm³/mol. The predicted octanol–water partition coefficient (Wildman–Crippen LogP) is 0.349. The molecule has 2 rings (SSSR count). The second-order valence-electron chi connectivity index (χ2n) is 4.95. The minimum absolute atomic E-state index is 0.329. The molecule has 1 fully saturated rings.